The van der Waals surface area contributed by atoms with Gasteiger partial charge in [-0.15, -0.1) is 0 Å². The Bertz CT molecular complexity index is 512. The number of rotatable bonds is 5. The van der Waals surface area contributed by atoms with Crippen molar-refractivity contribution in [2.45, 2.75) is 51.2 Å². The summed E-state index contributed by atoms with van der Waals surface area (Å²) < 4.78 is 1.87. The van der Waals surface area contributed by atoms with Gasteiger partial charge < -0.3 is 11.1 Å². The largest absolute Gasteiger partial charge is 0.348 e. The summed E-state index contributed by atoms with van der Waals surface area (Å²) >= 11 is 0. The predicted octanol–water partition coefficient (Wildman–Crippen LogP) is 0.507. The Balaban J connectivity index is 1.64. The Labute approximate surface area is 125 Å². The molecule has 6 nitrogen and oxygen atoms in total. The lowest BCUT2D eigenvalue weighted by molar-refractivity contribution is 0.0928. The summed E-state index contributed by atoms with van der Waals surface area (Å²) in [7, 11) is 0. The molecule has 3 rings (SSSR count). The van der Waals surface area contributed by atoms with Gasteiger partial charge in [0.15, 0.2) is 0 Å². The highest BCUT2D eigenvalue weighted by Crippen LogP contribution is 2.28. The van der Waals surface area contributed by atoms with Gasteiger partial charge in [-0.3, -0.25) is 14.4 Å². The average Bonchev–Trinajstić information content (AvgIpc) is 3.14. The molecule has 2 fully saturated rings. The van der Waals surface area contributed by atoms with Crippen LogP contribution in [0.5, 0.6) is 0 Å². The smallest absolute Gasteiger partial charge is 0.255 e. The van der Waals surface area contributed by atoms with E-state index in [4.69, 9.17) is 5.73 Å². The van der Waals surface area contributed by atoms with Crippen molar-refractivity contribution in [3.63, 3.8) is 0 Å². The zero-order valence-corrected chi connectivity index (χ0v) is 12.7. The first-order valence-corrected chi connectivity index (χ1v) is 7.98. The van der Waals surface area contributed by atoms with E-state index in [0.717, 1.165) is 31.6 Å². The summed E-state index contributed by atoms with van der Waals surface area (Å²) in [6, 6.07) is 0.841. The Kier molecular flexibility index (Phi) is 4.26. The van der Waals surface area contributed by atoms with Crippen LogP contribution in [0.25, 0.3) is 0 Å². The maximum absolute atomic E-state index is 12.5. The van der Waals surface area contributed by atoms with Crippen molar-refractivity contribution >= 4 is 5.91 Å². The third-order valence-electron chi connectivity index (χ3n) is 4.84. The van der Waals surface area contributed by atoms with Gasteiger partial charge >= 0.3 is 0 Å². The summed E-state index contributed by atoms with van der Waals surface area (Å²) in [5, 5.41) is 7.52. The molecule has 21 heavy (non-hydrogen) atoms. The lowest BCUT2D eigenvalue weighted by atomic mass is 10.1. The van der Waals surface area contributed by atoms with Crippen molar-refractivity contribution in [1.82, 2.24) is 20.0 Å². The van der Waals surface area contributed by atoms with E-state index in [1.807, 2.05) is 11.6 Å². The van der Waals surface area contributed by atoms with E-state index >= 15 is 0 Å². The van der Waals surface area contributed by atoms with E-state index in [1.165, 1.54) is 19.4 Å². The minimum Gasteiger partial charge on any atom is -0.348 e. The molecule has 1 aromatic heterocycles. The minimum absolute atomic E-state index is 0.0187. The van der Waals surface area contributed by atoms with E-state index in [0.29, 0.717) is 24.2 Å². The summed E-state index contributed by atoms with van der Waals surface area (Å²) in [6.07, 6.45) is 6.09. The fourth-order valence-electron chi connectivity index (χ4n) is 3.63. The van der Waals surface area contributed by atoms with Crippen LogP contribution < -0.4 is 11.1 Å². The van der Waals surface area contributed by atoms with Crippen molar-refractivity contribution in [3.05, 3.63) is 17.5 Å². The summed E-state index contributed by atoms with van der Waals surface area (Å²) in [6.45, 7) is 5.67. The second kappa shape index (κ2) is 6.15. The van der Waals surface area contributed by atoms with E-state index in [1.54, 1.807) is 6.20 Å². The molecular formula is C15H25N5O. The van der Waals surface area contributed by atoms with Crippen molar-refractivity contribution in [2.75, 3.05) is 19.6 Å². The van der Waals surface area contributed by atoms with Crippen LogP contribution in [-0.4, -0.2) is 52.3 Å². The number of amides is 1. The van der Waals surface area contributed by atoms with Gasteiger partial charge in [-0.2, -0.15) is 5.10 Å². The Morgan fingerprint density at radius 3 is 3.14 bits per heavy atom. The molecule has 2 aliphatic heterocycles. The molecule has 0 bridgehead atoms. The van der Waals surface area contributed by atoms with Crippen molar-refractivity contribution in [1.29, 1.82) is 0 Å². The van der Waals surface area contributed by atoms with Crippen LogP contribution in [-0.2, 0) is 6.54 Å². The topological polar surface area (TPSA) is 76.2 Å². The number of carbonyl (C=O) groups is 1. The molecule has 0 saturated carbocycles. The van der Waals surface area contributed by atoms with Crippen LogP contribution in [0.1, 0.15) is 41.7 Å². The molecule has 3 heterocycles. The normalized spacial score (nSPS) is 25.2. The van der Waals surface area contributed by atoms with Crippen LogP contribution in [0.4, 0.5) is 0 Å². The zero-order valence-electron chi connectivity index (χ0n) is 12.7. The number of nitrogens with one attached hydrogen (secondary N) is 1. The van der Waals surface area contributed by atoms with Crippen molar-refractivity contribution < 1.29 is 4.79 Å². The second-order valence-electron chi connectivity index (χ2n) is 6.12. The van der Waals surface area contributed by atoms with Gasteiger partial charge in [0, 0.05) is 30.9 Å². The molecule has 6 heteroatoms. The maximum atomic E-state index is 12.5. The monoisotopic (exact) mass is 291 g/mol. The summed E-state index contributed by atoms with van der Waals surface area (Å²) in [5.74, 6) is 0.0187. The highest BCUT2D eigenvalue weighted by atomic mass is 16.1. The SMILES string of the molecule is Cc1c(C(=O)NC2CCN3CCCC23)cnn1CCCN. The number of nitrogens with zero attached hydrogens (tertiary/aromatic N) is 3. The van der Waals surface area contributed by atoms with E-state index in [2.05, 4.69) is 15.3 Å². The molecular weight excluding hydrogens is 266 g/mol. The third kappa shape index (κ3) is 2.82. The number of hydrogen-bond acceptors (Lipinski definition) is 4. The van der Waals surface area contributed by atoms with Crippen LogP contribution in [0.3, 0.4) is 0 Å². The number of fused-ring (bicyclic) bond motifs is 1. The number of aromatic nitrogens is 2. The van der Waals surface area contributed by atoms with Crippen LogP contribution in [0, 0.1) is 6.92 Å². The Morgan fingerprint density at radius 1 is 1.48 bits per heavy atom. The lowest BCUT2D eigenvalue weighted by Crippen LogP contribution is -2.42. The van der Waals surface area contributed by atoms with E-state index < -0.39 is 0 Å². The van der Waals surface area contributed by atoms with Crippen LogP contribution >= 0.6 is 0 Å². The second-order valence-corrected chi connectivity index (χ2v) is 6.12. The molecule has 0 radical (unpaired) electrons. The van der Waals surface area contributed by atoms with E-state index in [9.17, 15) is 4.79 Å². The Hall–Kier alpha value is -1.40. The number of aryl methyl sites for hydroxylation is 1. The van der Waals surface area contributed by atoms with Gasteiger partial charge in [-0.1, -0.05) is 0 Å². The molecule has 2 aliphatic rings. The summed E-state index contributed by atoms with van der Waals surface area (Å²) in [4.78, 5) is 15.0. The molecule has 0 spiro atoms. The van der Waals surface area contributed by atoms with Gasteiger partial charge in [-0.05, 0) is 45.7 Å². The molecule has 2 atom stereocenters. The van der Waals surface area contributed by atoms with Gasteiger partial charge in [0.25, 0.3) is 5.91 Å². The molecule has 1 aromatic rings. The lowest BCUT2D eigenvalue weighted by Gasteiger charge is -2.21. The molecule has 116 valence electrons. The molecule has 0 aliphatic carbocycles. The Morgan fingerprint density at radius 2 is 2.33 bits per heavy atom. The van der Waals surface area contributed by atoms with Crippen molar-refractivity contribution in [2.24, 2.45) is 5.73 Å². The first kappa shape index (κ1) is 14.5. The fourth-order valence-corrected chi connectivity index (χ4v) is 3.63. The zero-order chi connectivity index (χ0) is 14.8. The fraction of sp³-hybridized carbons (Fsp3) is 0.733. The minimum atomic E-state index is 0.0187. The van der Waals surface area contributed by atoms with E-state index in [-0.39, 0.29) is 5.91 Å². The molecule has 1 amide bonds. The molecule has 0 aromatic carbocycles. The molecule has 3 N–H and O–H groups in total. The highest BCUT2D eigenvalue weighted by molar-refractivity contribution is 5.95. The standard InChI is InChI=1S/C15H25N5O/c1-11-12(10-17-20(11)8-3-6-16)15(21)18-13-5-9-19-7-2-4-14(13)19/h10,13-14H,2-9,16H2,1H3,(H,18,21). The first-order chi connectivity index (χ1) is 10.2. The van der Waals surface area contributed by atoms with Gasteiger partial charge in [0.05, 0.1) is 11.8 Å². The number of hydrogen-bond donors (Lipinski definition) is 2. The predicted molar refractivity (Wildman–Crippen MR) is 81.1 cm³/mol. The molecule has 2 unspecified atom stereocenters. The number of carbonyl (C=O) groups excluding carboxylic acids is 1. The van der Waals surface area contributed by atoms with Crippen LogP contribution in [0.2, 0.25) is 0 Å². The maximum Gasteiger partial charge on any atom is 0.255 e. The number of nitrogens with two attached hydrogens (primary N) is 1. The quantitative estimate of drug-likeness (QED) is 0.828. The third-order valence-corrected chi connectivity index (χ3v) is 4.84. The van der Waals surface area contributed by atoms with Gasteiger partial charge in [-0.25, -0.2) is 0 Å². The summed E-state index contributed by atoms with van der Waals surface area (Å²) in [5.41, 5.74) is 7.16. The average molecular weight is 291 g/mol. The highest BCUT2D eigenvalue weighted by Gasteiger charge is 2.38. The van der Waals surface area contributed by atoms with Crippen LogP contribution in [0.15, 0.2) is 6.20 Å². The molecule has 2 saturated heterocycles. The first-order valence-electron chi connectivity index (χ1n) is 7.98. The van der Waals surface area contributed by atoms with Gasteiger partial charge in [0.2, 0.25) is 0 Å². The van der Waals surface area contributed by atoms with Gasteiger partial charge in [0.1, 0.15) is 0 Å². The van der Waals surface area contributed by atoms with Crippen molar-refractivity contribution in [3.8, 4) is 0 Å².